The summed E-state index contributed by atoms with van der Waals surface area (Å²) in [7, 11) is 1.56. The fourth-order valence-electron chi connectivity index (χ4n) is 1.82. The topological polar surface area (TPSA) is 51.6 Å². The van der Waals surface area contributed by atoms with E-state index in [-0.39, 0.29) is 6.61 Å². The first-order valence-corrected chi connectivity index (χ1v) is 6.06. The minimum atomic E-state index is -0.166. The number of aromatic nitrogens is 1. The number of hydrogen-bond acceptors (Lipinski definition) is 4. The Kier molecular flexibility index (Phi) is 4.36. The van der Waals surface area contributed by atoms with Crippen LogP contribution in [0.25, 0.3) is 0 Å². The third-order valence-electron chi connectivity index (χ3n) is 2.77. The molecule has 0 aliphatic carbocycles. The molecule has 0 aliphatic rings. The molecule has 2 rings (SSSR count). The van der Waals surface area contributed by atoms with E-state index in [0.717, 1.165) is 11.3 Å². The molecular weight excluding hydrogens is 242 g/mol. The van der Waals surface area contributed by atoms with Crippen molar-refractivity contribution in [2.24, 2.45) is 0 Å². The highest BCUT2D eigenvalue weighted by Crippen LogP contribution is 2.28. The Labute approximate surface area is 112 Å². The summed E-state index contributed by atoms with van der Waals surface area (Å²) in [5, 5.41) is 9.42. The molecule has 100 valence electrons. The standard InChI is InChI=1S/C15H17NO3/c1-11-8-14(18-2)13(9-17)15(16-11)19-10-12-6-4-3-5-7-12/h3-8,17H,9-10H2,1-2H3. The molecule has 0 saturated carbocycles. The van der Waals surface area contributed by atoms with Gasteiger partial charge in [0.05, 0.1) is 19.3 Å². The van der Waals surface area contributed by atoms with E-state index >= 15 is 0 Å². The van der Waals surface area contributed by atoms with E-state index in [0.29, 0.717) is 23.8 Å². The maximum absolute atomic E-state index is 9.42. The summed E-state index contributed by atoms with van der Waals surface area (Å²) < 4.78 is 10.9. The summed E-state index contributed by atoms with van der Waals surface area (Å²) in [5.74, 6) is 1.02. The van der Waals surface area contributed by atoms with Gasteiger partial charge in [-0.05, 0) is 12.5 Å². The number of rotatable bonds is 5. The van der Waals surface area contributed by atoms with Gasteiger partial charge in [0.2, 0.25) is 5.88 Å². The molecule has 1 aromatic carbocycles. The minimum absolute atomic E-state index is 0.166. The molecule has 2 aromatic rings. The first-order valence-electron chi connectivity index (χ1n) is 6.06. The molecule has 4 heteroatoms. The molecule has 0 radical (unpaired) electrons. The Morgan fingerprint density at radius 1 is 1.21 bits per heavy atom. The van der Waals surface area contributed by atoms with Crippen LogP contribution in [-0.2, 0) is 13.2 Å². The maximum Gasteiger partial charge on any atom is 0.223 e. The third-order valence-corrected chi connectivity index (χ3v) is 2.77. The van der Waals surface area contributed by atoms with Gasteiger partial charge in [0.15, 0.2) is 0 Å². The molecule has 1 heterocycles. The molecule has 0 amide bonds. The minimum Gasteiger partial charge on any atom is -0.496 e. The molecule has 0 atom stereocenters. The molecule has 1 N–H and O–H groups in total. The molecule has 0 bridgehead atoms. The number of ether oxygens (including phenoxy) is 2. The summed E-state index contributed by atoms with van der Waals surface area (Å²) in [4.78, 5) is 4.31. The van der Waals surface area contributed by atoms with Gasteiger partial charge in [-0.15, -0.1) is 0 Å². The average Bonchev–Trinajstić information content (AvgIpc) is 2.45. The van der Waals surface area contributed by atoms with Crippen molar-refractivity contribution in [1.29, 1.82) is 0 Å². The van der Waals surface area contributed by atoms with Gasteiger partial charge < -0.3 is 14.6 Å². The summed E-state index contributed by atoms with van der Waals surface area (Å²) in [6.45, 7) is 2.10. The largest absolute Gasteiger partial charge is 0.496 e. The van der Waals surface area contributed by atoms with Gasteiger partial charge in [0.1, 0.15) is 12.4 Å². The van der Waals surface area contributed by atoms with Crippen molar-refractivity contribution in [3.8, 4) is 11.6 Å². The van der Waals surface area contributed by atoms with E-state index in [1.165, 1.54) is 0 Å². The van der Waals surface area contributed by atoms with Crippen molar-refractivity contribution >= 4 is 0 Å². The number of hydrogen-bond donors (Lipinski definition) is 1. The summed E-state index contributed by atoms with van der Waals surface area (Å²) >= 11 is 0. The quantitative estimate of drug-likeness (QED) is 0.896. The zero-order valence-corrected chi connectivity index (χ0v) is 11.1. The first kappa shape index (κ1) is 13.4. The number of nitrogens with zero attached hydrogens (tertiary/aromatic N) is 1. The van der Waals surface area contributed by atoms with E-state index < -0.39 is 0 Å². The van der Waals surface area contributed by atoms with Crippen molar-refractivity contribution in [3.63, 3.8) is 0 Å². The summed E-state index contributed by atoms with van der Waals surface area (Å²) in [5.41, 5.74) is 2.41. The number of methoxy groups -OCH3 is 1. The number of benzene rings is 1. The molecular formula is C15H17NO3. The van der Waals surface area contributed by atoms with E-state index in [1.54, 1.807) is 13.2 Å². The van der Waals surface area contributed by atoms with E-state index in [1.807, 2.05) is 37.3 Å². The van der Waals surface area contributed by atoms with Crippen LogP contribution >= 0.6 is 0 Å². The van der Waals surface area contributed by atoms with Gasteiger partial charge >= 0.3 is 0 Å². The lowest BCUT2D eigenvalue weighted by Crippen LogP contribution is -2.04. The lowest BCUT2D eigenvalue weighted by atomic mass is 10.2. The van der Waals surface area contributed by atoms with Crippen LogP contribution in [0, 0.1) is 6.92 Å². The van der Waals surface area contributed by atoms with Crippen LogP contribution in [0.2, 0.25) is 0 Å². The van der Waals surface area contributed by atoms with Crippen molar-refractivity contribution < 1.29 is 14.6 Å². The van der Waals surface area contributed by atoms with Crippen molar-refractivity contribution in [3.05, 3.63) is 53.2 Å². The number of pyridine rings is 1. The molecule has 0 spiro atoms. The van der Waals surface area contributed by atoms with Gasteiger partial charge in [-0.3, -0.25) is 0 Å². The summed E-state index contributed by atoms with van der Waals surface area (Å²) in [6.07, 6.45) is 0. The molecule has 0 saturated heterocycles. The van der Waals surface area contributed by atoms with E-state index in [4.69, 9.17) is 9.47 Å². The number of aliphatic hydroxyl groups is 1. The Balaban J connectivity index is 2.22. The Hall–Kier alpha value is -2.07. The monoisotopic (exact) mass is 259 g/mol. The highest BCUT2D eigenvalue weighted by Gasteiger charge is 2.12. The summed E-state index contributed by atoms with van der Waals surface area (Å²) in [6, 6.07) is 11.6. The average molecular weight is 259 g/mol. The van der Waals surface area contributed by atoms with E-state index in [9.17, 15) is 5.11 Å². The molecule has 0 unspecified atom stereocenters. The fraction of sp³-hybridized carbons (Fsp3) is 0.267. The van der Waals surface area contributed by atoms with Gasteiger partial charge in [0.25, 0.3) is 0 Å². The molecule has 0 fully saturated rings. The van der Waals surface area contributed by atoms with E-state index in [2.05, 4.69) is 4.98 Å². The molecule has 0 aliphatic heterocycles. The normalized spacial score (nSPS) is 10.3. The van der Waals surface area contributed by atoms with Gasteiger partial charge in [-0.1, -0.05) is 30.3 Å². The predicted molar refractivity (Wildman–Crippen MR) is 72.2 cm³/mol. The number of aryl methyl sites for hydroxylation is 1. The van der Waals surface area contributed by atoms with Crippen LogP contribution < -0.4 is 9.47 Å². The fourth-order valence-corrected chi connectivity index (χ4v) is 1.82. The third kappa shape index (κ3) is 3.23. The lowest BCUT2D eigenvalue weighted by molar-refractivity contribution is 0.245. The Morgan fingerprint density at radius 3 is 2.58 bits per heavy atom. The van der Waals surface area contributed by atoms with Crippen molar-refractivity contribution in [2.75, 3.05) is 7.11 Å². The van der Waals surface area contributed by atoms with Crippen LogP contribution in [0.5, 0.6) is 11.6 Å². The van der Waals surface area contributed by atoms with Gasteiger partial charge in [0, 0.05) is 11.8 Å². The van der Waals surface area contributed by atoms with Crippen LogP contribution in [-0.4, -0.2) is 17.2 Å². The first-order chi connectivity index (χ1) is 9.24. The maximum atomic E-state index is 9.42. The molecule has 1 aromatic heterocycles. The van der Waals surface area contributed by atoms with Crippen LogP contribution in [0.15, 0.2) is 36.4 Å². The molecule has 19 heavy (non-hydrogen) atoms. The van der Waals surface area contributed by atoms with Crippen LogP contribution in [0.3, 0.4) is 0 Å². The smallest absolute Gasteiger partial charge is 0.223 e. The highest BCUT2D eigenvalue weighted by atomic mass is 16.5. The second-order valence-corrected chi connectivity index (χ2v) is 4.18. The zero-order chi connectivity index (χ0) is 13.7. The van der Waals surface area contributed by atoms with Crippen LogP contribution in [0.4, 0.5) is 0 Å². The van der Waals surface area contributed by atoms with Crippen molar-refractivity contribution in [2.45, 2.75) is 20.1 Å². The Bertz CT molecular complexity index is 541. The van der Waals surface area contributed by atoms with Crippen LogP contribution in [0.1, 0.15) is 16.8 Å². The Morgan fingerprint density at radius 2 is 1.95 bits per heavy atom. The second kappa shape index (κ2) is 6.20. The lowest BCUT2D eigenvalue weighted by Gasteiger charge is -2.13. The van der Waals surface area contributed by atoms with Gasteiger partial charge in [-0.25, -0.2) is 4.98 Å². The highest BCUT2D eigenvalue weighted by molar-refractivity contribution is 5.41. The molecule has 4 nitrogen and oxygen atoms in total. The van der Waals surface area contributed by atoms with Crippen molar-refractivity contribution in [1.82, 2.24) is 4.98 Å². The zero-order valence-electron chi connectivity index (χ0n) is 11.1. The predicted octanol–water partition coefficient (Wildman–Crippen LogP) is 2.47. The SMILES string of the molecule is COc1cc(C)nc(OCc2ccccc2)c1CO. The second-order valence-electron chi connectivity index (χ2n) is 4.18. The number of aliphatic hydroxyl groups excluding tert-OH is 1. The van der Waals surface area contributed by atoms with Gasteiger partial charge in [-0.2, -0.15) is 0 Å².